The maximum Gasteiger partial charge on any atom is 0.251 e. The van der Waals surface area contributed by atoms with Crippen molar-refractivity contribution in [1.82, 2.24) is 25.2 Å². The van der Waals surface area contributed by atoms with E-state index < -0.39 is 0 Å². The maximum atomic E-state index is 12.5. The number of nitrogens with zero attached hydrogens (tertiary/aromatic N) is 4. The van der Waals surface area contributed by atoms with Crippen molar-refractivity contribution in [2.75, 3.05) is 19.6 Å². The molecule has 29 heavy (non-hydrogen) atoms. The lowest BCUT2D eigenvalue weighted by atomic mass is 10.1. The number of carbonyl (C=O) groups is 2. The van der Waals surface area contributed by atoms with E-state index in [4.69, 9.17) is 0 Å². The second kappa shape index (κ2) is 8.43. The Morgan fingerprint density at radius 2 is 2.03 bits per heavy atom. The van der Waals surface area contributed by atoms with Gasteiger partial charge in [0.15, 0.2) is 0 Å². The molecule has 0 unspecified atom stereocenters. The van der Waals surface area contributed by atoms with Gasteiger partial charge >= 0.3 is 0 Å². The average Bonchev–Trinajstić information content (AvgIpc) is 3.33. The summed E-state index contributed by atoms with van der Waals surface area (Å²) < 4.78 is 1.80. The molecule has 1 aliphatic heterocycles. The Morgan fingerprint density at radius 1 is 1.21 bits per heavy atom. The van der Waals surface area contributed by atoms with Crippen molar-refractivity contribution in [1.29, 1.82) is 0 Å². The van der Waals surface area contributed by atoms with Gasteiger partial charge in [0, 0.05) is 44.1 Å². The van der Waals surface area contributed by atoms with Crippen molar-refractivity contribution in [3.05, 3.63) is 59.7 Å². The zero-order valence-corrected chi connectivity index (χ0v) is 16.5. The lowest BCUT2D eigenvalue weighted by Crippen LogP contribution is -2.32. The average molecular weight is 391 g/mol. The molecule has 0 spiro atoms. The van der Waals surface area contributed by atoms with Gasteiger partial charge in [0.1, 0.15) is 5.52 Å². The Balaban J connectivity index is 1.30. The van der Waals surface area contributed by atoms with Gasteiger partial charge in [-0.2, -0.15) is 0 Å². The van der Waals surface area contributed by atoms with Gasteiger partial charge in [-0.1, -0.05) is 35.5 Å². The molecule has 2 heterocycles. The first-order valence-corrected chi connectivity index (χ1v) is 10.1. The van der Waals surface area contributed by atoms with Crippen LogP contribution in [0.5, 0.6) is 0 Å². The molecule has 0 bridgehead atoms. The van der Waals surface area contributed by atoms with Crippen LogP contribution in [0.4, 0.5) is 0 Å². The van der Waals surface area contributed by atoms with E-state index in [2.05, 4.69) is 27.8 Å². The predicted octanol–water partition coefficient (Wildman–Crippen LogP) is 2.27. The van der Waals surface area contributed by atoms with E-state index in [1.807, 2.05) is 36.1 Å². The standard InChI is InChI=1S/C22H25N5O2/c1-2-27-20-9-8-18(13-19(20)24-25-27)22(29)23-14-17-12-21(28)26(15-17)11-10-16-6-4-3-5-7-16/h3-9,13,17H,2,10-12,14-15H2,1H3,(H,23,29)/t17-/m0/s1. The predicted molar refractivity (Wildman–Crippen MR) is 110 cm³/mol. The molecule has 1 aromatic heterocycles. The van der Waals surface area contributed by atoms with E-state index in [-0.39, 0.29) is 17.7 Å². The molecule has 7 nitrogen and oxygen atoms in total. The van der Waals surface area contributed by atoms with E-state index in [0.717, 1.165) is 25.0 Å². The first-order valence-electron chi connectivity index (χ1n) is 10.1. The molecule has 1 aliphatic rings. The lowest BCUT2D eigenvalue weighted by Gasteiger charge is -2.17. The second-order valence-corrected chi connectivity index (χ2v) is 7.46. The fourth-order valence-corrected chi connectivity index (χ4v) is 3.80. The number of carbonyl (C=O) groups excluding carboxylic acids is 2. The highest BCUT2D eigenvalue weighted by molar-refractivity contribution is 5.97. The van der Waals surface area contributed by atoms with Crippen molar-refractivity contribution < 1.29 is 9.59 Å². The van der Waals surface area contributed by atoms with Crippen LogP contribution in [0.25, 0.3) is 11.0 Å². The van der Waals surface area contributed by atoms with E-state index in [0.29, 0.717) is 30.6 Å². The van der Waals surface area contributed by atoms with Crippen LogP contribution in [-0.4, -0.2) is 51.3 Å². The smallest absolute Gasteiger partial charge is 0.251 e. The highest BCUT2D eigenvalue weighted by Crippen LogP contribution is 2.18. The molecular formula is C22H25N5O2. The third-order valence-corrected chi connectivity index (χ3v) is 5.43. The van der Waals surface area contributed by atoms with Crippen LogP contribution in [0.1, 0.15) is 29.3 Å². The molecule has 1 saturated heterocycles. The van der Waals surface area contributed by atoms with E-state index in [1.54, 1.807) is 16.8 Å². The molecule has 1 N–H and O–H groups in total. The minimum absolute atomic E-state index is 0.145. The summed E-state index contributed by atoms with van der Waals surface area (Å²) in [7, 11) is 0. The molecule has 0 saturated carbocycles. The van der Waals surface area contributed by atoms with Gasteiger partial charge in [0.25, 0.3) is 5.91 Å². The number of amides is 2. The Kier molecular flexibility index (Phi) is 5.55. The minimum Gasteiger partial charge on any atom is -0.352 e. The molecule has 0 radical (unpaired) electrons. The van der Waals surface area contributed by atoms with Crippen LogP contribution < -0.4 is 5.32 Å². The highest BCUT2D eigenvalue weighted by atomic mass is 16.2. The van der Waals surface area contributed by atoms with Crippen LogP contribution in [0, 0.1) is 5.92 Å². The van der Waals surface area contributed by atoms with E-state index >= 15 is 0 Å². The zero-order valence-electron chi connectivity index (χ0n) is 16.5. The summed E-state index contributed by atoms with van der Waals surface area (Å²) in [6, 6.07) is 15.6. The van der Waals surface area contributed by atoms with Gasteiger partial charge < -0.3 is 10.2 Å². The van der Waals surface area contributed by atoms with E-state index in [9.17, 15) is 9.59 Å². The quantitative estimate of drug-likeness (QED) is 0.670. The van der Waals surface area contributed by atoms with E-state index in [1.165, 1.54) is 5.56 Å². The Hall–Kier alpha value is -3.22. The van der Waals surface area contributed by atoms with Gasteiger partial charge in [-0.05, 0) is 37.1 Å². The van der Waals surface area contributed by atoms with Crippen molar-refractivity contribution in [2.45, 2.75) is 26.3 Å². The molecule has 0 aliphatic carbocycles. The molecule has 4 rings (SSSR count). The van der Waals surface area contributed by atoms with Gasteiger partial charge in [-0.25, -0.2) is 4.68 Å². The first-order chi connectivity index (χ1) is 14.1. The number of aromatic nitrogens is 3. The number of aryl methyl sites for hydroxylation is 1. The number of hydrogen-bond acceptors (Lipinski definition) is 4. The maximum absolute atomic E-state index is 12.5. The van der Waals surface area contributed by atoms with Crippen molar-refractivity contribution in [3.63, 3.8) is 0 Å². The summed E-state index contributed by atoms with van der Waals surface area (Å²) in [5, 5.41) is 11.2. The molecule has 1 atom stereocenters. The normalized spacial score (nSPS) is 16.5. The van der Waals surface area contributed by atoms with Crippen LogP contribution in [-0.2, 0) is 17.8 Å². The summed E-state index contributed by atoms with van der Waals surface area (Å²) >= 11 is 0. The number of likely N-dealkylation sites (tertiary alicyclic amines) is 1. The molecule has 1 fully saturated rings. The Labute approximate surface area is 169 Å². The summed E-state index contributed by atoms with van der Waals surface area (Å²) in [5.41, 5.74) is 3.42. The number of nitrogens with one attached hydrogen (secondary N) is 1. The minimum atomic E-state index is -0.145. The number of fused-ring (bicyclic) bond motifs is 1. The number of hydrogen-bond donors (Lipinski definition) is 1. The van der Waals surface area contributed by atoms with Crippen LogP contribution in [0.15, 0.2) is 48.5 Å². The molecule has 7 heteroatoms. The topological polar surface area (TPSA) is 80.1 Å². The summed E-state index contributed by atoms with van der Waals surface area (Å²) in [6.45, 7) is 4.64. The largest absolute Gasteiger partial charge is 0.352 e. The van der Waals surface area contributed by atoms with Gasteiger partial charge in [-0.15, -0.1) is 5.10 Å². The lowest BCUT2D eigenvalue weighted by molar-refractivity contribution is -0.127. The number of rotatable bonds is 7. The van der Waals surface area contributed by atoms with Gasteiger partial charge in [-0.3, -0.25) is 9.59 Å². The zero-order chi connectivity index (χ0) is 20.2. The van der Waals surface area contributed by atoms with Gasteiger partial charge in [0.2, 0.25) is 5.91 Å². The molecule has 2 amide bonds. The Bertz CT molecular complexity index is 1010. The third kappa shape index (κ3) is 4.29. The third-order valence-electron chi connectivity index (χ3n) is 5.43. The van der Waals surface area contributed by atoms with Crippen LogP contribution in [0.2, 0.25) is 0 Å². The van der Waals surface area contributed by atoms with Crippen molar-refractivity contribution >= 4 is 22.8 Å². The Morgan fingerprint density at radius 3 is 2.83 bits per heavy atom. The summed E-state index contributed by atoms with van der Waals surface area (Å²) in [6.07, 6.45) is 1.34. The molecule has 150 valence electrons. The highest BCUT2D eigenvalue weighted by Gasteiger charge is 2.29. The monoisotopic (exact) mass is 391 g/mol. The first kappa shape index (κ1) is 19.1. The molecular weight excluding hydrogens is 366 g/mol. The molecule has 3 aromatic rings. The second-order valence-electron chi connectivity index (χ2n) is 7.46. The number of benzene rings is 2. The fraction of sp³-hybridized carbons (Fsp3) is 0.364. The van der Waals surface area contributed by atoms with Crippen LogP contribution in [0.3, 0.4) is 0 Å². The van der Waals surface area contributed by atoms with Gasteiger partial charge in [0.05, 0.1) is 5.52 Å². The molecule has 2 aromatic carbocycles. The van der Waals surface area contributed by atoms with Crippen LogP contribution >= 0.6 is 0 Å². The fourth-order valence-electron chi connectivity index (χ4n) is 3.80. The SMILES string of the molecule is CCn1nnc2cc(C(=O)NC[C@@H]3CC(=O)N(CCc4ccccc4)C3)ccc21. The summed E-state index contributed by atoms with van der Waals surface area (Å²) in [4.78, 5) is 26.7. The summed E-state index contributed by atoms with van der Waals surface area (Å²) in [5.74, 6) is 0.165. The van der Waals surface area contributed by atoms with Crippen molar-refractivity contribution in [2.24, 2.45) is 5.92 Å². The van der Waals surface area contributed by atoms with Crippen molar-refractivity contribution in [3.8, 4) is 0 Å².